The minimum Gasteiger partial charge on any atom is -0.368 e. The van der Waals surface area contributed by atoms with Crippen molar-refractivity contribution in [1.29, 1.82) is 0 Å². The summed E-state index contributed by atoms with van der Waals surface area (Å²) < 4.78 is 43.9. The molecular weight excluding hydrogens is 409 g/mol. The molecule has 0 radical (unpaired) electrons. The Balaban J connectivity index is 1.52. The van der Waals surface area contributed by atoms with Crippen LogP contribution in [0.15, 0.2) is 53.5 Å². The fourth-order valence-corrected chi connectivity index (χ4v) is 3.22. The van der Waals surface area contributed by atoms with Crippen molar-refractivity contribution < 1.29 is 22.7 Å². The number of rotatable bonds is 6. The highest BCUT2D eigenvalue weighted by atomic mass is 19.4. The summed E-state index contributed by atoms with van der Waals surface area (Å²) in [6.07, 6.45) is -3.17. The second-order valence-electron chi connectivity index (χ2n) is 7.17. The Kier molecular flexibility index (Phi) is 7.51. The zero-order valence-electron chi connectivity index (χ0n) is 17.1. The summed E-state index contributed by atoms with van der Waals surface area (Å²) in [6, 6.07) is 12.5. The van der Waals surface area contributed by atoms with Crippen LogP contribution in [0.25, 0.3) is 0 Å². The monoisotopic (exact) mass is 434 g/mol. The van der Waals surface area contributed by atoms with E-state index in [0.717, 1.165) is 30.5 Å². The lowest BCUT2D eigenvalue weighted by atomic mass is 10.1. The molecule has 1 heterocycles. The average molecular weight is 434 g/mol. The molecule has 1 unspecified atom stereocenters. The first-order valence-corrected chi connectivity index (χ1v) is 9.97. The Hall–Kier alpha value is -3.07. The van der Waals surface area contributed by atoms with E-state index in [9.17, 15) is 18.0 Å². The molecule has 9 heteroatoms. The maximum absolute atomic E-state index is 12.9. The van der Waals surface area contributed by atoms with E-state index in [-0.39, 0.29) is 12.5 Å². The van der Waals surface area contributed by atoms with Gasteiger partial charge >= 0.3 is 6.18 Å². The lowest BCUT2D eigenvalue weighted by Gasteiger charge is -2.14. The van der Waals surface area contributed by atoms with Crippen LogP contribution in [0.2, 0.25) is 0 Å². The number of hydrogen-bond donors (Lipinski definition) is 3. The van der Waals surface area contributed by atoms with Gasteiger partial charge in [-0.05, 0) is 48.2 Å². The van der Waals surface area contributed by atoms with Gasteiger partial charge < -0.3 is 20.7 Å². The fraction of sp³-hybridized carbons (Fsp3) is 0.364. The molecule has 1 amide bonds. The third-order valence-corrected chi connectivity index (χ3v) is 4.81. The van der Waals surface area contributed by atoms with Crippen LogP contribution in [0.5, 0.6) is 0 Å². The molecule has 0 aromatic heterocycles. The molecule has 1 atom stereocenters. The molecule has 0 spiro atoms. The number of anilines is 1. The summed E-state index contributed by atoms with van der Waals surface area (Å²) in [5.41, 5.74) is 1.40. The highest BCUT2D eigenvalue weighted by Gasteiger charge is 2.30. The van der Waals surface area contributed by atoms with Crippen LogP contribution in [0.1, 0.15) is 29.5 Å². The molecule has 0 saturated carbocycles. The van der Waals surface area contributed by atoms with Crippen LogP contribution >= 0.6 is 0 Å². The van der Waals surface area contributed by atoms with Crippen molar-refractivity contribution in [3.8, 4) is 0 Å². The third-order valence-electron chi connectivity index (χ3n) is 4.81. The summed E-state index contributed by atoms with van der Waals surface area (Å²) in [4.78, 5) is 16.3. The van der Waals surface area contributed by atoms with Gasteiger partial charge in [0.05, 0.1) is 5.56 Å². The maximum Gasteiger partial charge on any atom is 0.416 e. The summed E-state index contributed by atoms with van der Waals surface area (Å²) in [5, 5.41) is 8.98. The van der Waals surface area contributed by atoms with Crippen molar-refractivity contribution in [3.63, 3.8) is 0 Å². The van der Waals surface area contributed by atoms with Crippen molar-refractivity contribution >= 4 is 17.6 Å². The first kappa shape index (κ1) is 22.6. The molecule has 166 valence electrons. The molecular formula is C22H25F3N4O2. The minimum absolute atomic E-state index is 0.152. The Morgan fingerprint density at radius 3 is 2.39 bits per heavy atom. The summed E-state index contributed by atoms with van der Waals surface area (Å²) in [6.45, 7) is 1.22. The molecule has 0 aliphatic carbocycles. The van der Waals surface area contributed by atoms with Gasteiger partial charge in [-0.3, -0.25) is 9.79 Å². The zero-order valence-corrected chi connectivity index (χ0v) is 17.1. The number of carbonyl (C=O) groups is 1. The van der Waals surface area contributed by atoms with Crippen molar-refractivity contribution in [1.82, 2.24) is 10.6 Å². The molecule has 1 aliphatic heterocycles. The second-order valence-corrected chi connectivity index (χ2v) is 7.17. The topological polar surface area (TPSA) is 74.8 Å². The summed E-state index contributed by atoms with van der Waals surface area (Å²) in [5.74, 6) is 0.298. The van der Waals surface area contributed by atoms with Gasteiger partial charge in [0.15, 0.2) is 5.96 Å². The van der Waals surface area contributed by atoms with E-state index in [1.807, 2.05) is 18.2 Å². The van der Waals surface area contributed by atoms with Crippen molar-refractivity contribution in [2.75, 3.05) is 19.0 Å². The SMILES string of the molecule is CN=C(NCc1cccc(NC(=O)C2CCCO2)c1)NCc1cccc(C(F)(F)F)c1. The molecule has 2 aromatic carbocycles. The largest absolute Gasteiger partial charge is 0.416 e. The number of carbonyl (C=O) groups excluding carboxylic acids is 1. The van der Waals surface area contributed by atoms with E-state index >= 15 is 0 Å². The molecule has 0 bridgehead atoms. The molecule has 2 aromatic rings. The van der Waals surface area contributed by atoms with Crippen molar-refractivity contribution in [3.05, 3.63) is 65.2 Å². The quantitative estimate of drug-likeness (QED) is 0.479. The van der Waals surface area contributed by atoms with Gasteiger partial charge in [-0.1, -0.05) is 24.3 Å². The Labute approximate surface area is 178 Å². The van der Waals surface area contributed by atoms with E-state index < -0.39 is 17.8 Å². The van der Waals surface area contributed by atoms with Gasteiger partial charge in [-0.2, -0.15) is 13.2 Å². The van der Waals surface area contributed by atoms with Gasteiger partial charge in [0.25, 0.3) is 5.91 Å². The molecule has 31 heavy (non-hydrogen) atoms. The molecule has 3 N–H and O–H groups in total. The Bertz CT molecular complexity index is 925. The van der Waals surface area contributed by atoms with Gasteiger partial charge in [-0.25, -0.2) is 0 Å². The van der Waals surface area contributed by atoms with Gasteiger partial charge in [0, 0.05) is 32.4 Å². The van der Waals surface area contributed by atoms with Crippen molar-refractivity contribution in [2.24, 2.45) is 4.99 Å². The van der Waals surface area contributed by atoms with Crippen LogP contribution in [-0.2, 0) is 28.8 Å². The predicted octanol–water partition coefficient (Wildman–Crippen LogP) is 3.69. The Morgan fingerprint density at radius 1 is 1.10 bits per heavy atom. The van der Waals surface area contributed by atoms with Crippen LogP contribution in [0.3, 0.4) is 0 Å². The predicted molar refractivity (Wildman–Crippen MR) is 113 cm³/mol. The van der Waals surface area contributed by atoms with Crippen LogP contribution in [-0.4, -0.2) is 31.6 Å². The van der Waals surface area contributed by atoms with Crippen LogP contribution in [0, 0.1) is 0 Å². The second kappa shape index (κ2) is 10.3. The van der Waals surface area contributed by atoms with E-state index in [1.165, 1.54) is 6.07 Å². The lowest BCUT2D eigenvalue weighted by Crippen LogP contribution is -2.36. The normalized spacial score (nSPS) is 16.8. The lowest BCUT2D eigenvalue weighted by molar-refractivity contribution is -0.137. The van der Waals surface area contributed by atoms with Gasteiger partial charge in [-0.15, -0.1) is 0 Å². The molecule has 3 rings (SSSR count). The number of guanidine groups is 1. The number of hydrogen-bond acceptors (Lipinski definition) is 3. The molecule has 1 saturated heterocycles. The summed E-state index contributed by atoms with van der Waals surface area (Å²) >= 11 is 0. The first-order valence-electron chi connectivity index (χ1n) is 9.97. The van der Waals surface area contributed by atoms with E-state index in [4.69, 9.17) is 4.74 Å². The summed E-state index contributed by atoms with van der Waals surface area (Å²) in [7, 11) is 1.58. The third kappa shape index (κ3) is 6.71. The minimum atomic E-state index is -4.37. The van der Waals surface area contributed by atoms with E-state index in [1.54, 1.807) is 19.2 Å². The number of ether oxygens (including phenoxy) is 1. The number of halogens is 3. The standard InChI is InChI=1S/C22H25F3N4O2/c1-26-21(27-13-15-5-2-7-17(11-15)22(23,24)25)28-14-16-6-3-8-18(12-16)29-20(30)19-9-4-10-31-19/h2-3,5-8,11-12,19H,4,9-10,13-14H2,1H3,(H,29,30)(H2,26,27,28). The molecule has 1 aliphatic rings. The molecule has 1 fully saturated rings. The molecule has 6 nitrogen and oxygen atoms in total. The highest BCUT2D eigenvalue weighted by molar-refractivity contribution is 5.94. The number of benzene rings is 2. The fourth-order valence-electron chi connectivity index (χ4n) is 3.22. The first-order chi connectivity index (χ1) is 14.8. The van der Waals surface area contributed by atoms with Gasteiger partial charge in [0.1, 0.15) is 6.10 Å². The maximum atomic E-state index is 12.9. The number of nitrogens with zero attached hydrogens (tertiary/aromatic N) is 1. The van der Waals surface area contributed by atoms with E-state index in [0.29, 0.717) is 30.4 Å². The number of alkyl halides is 3. The zero-order chi connectivity index (χ0) is 22.3. The van der Waals surface area contributed by atoms with Gasteiger partial charge in [0.2, 0.25) is 0 Å². The Morgan fingerprint density at radius 2 is 1.77 bits per heavy atom. The smallest absolute Gasteiger partial charge is 0.368 e. The number of nitrogens with one attached hydrogen (secondary N) is 3. The number of aliphatic imine (C=N–C) groups is 1. The highest BCUT2D eigenvalue weighted by Crippen LogP contribution is 2.29. The van der Waals surface area contributed by atoms with Crippen LogP contribution < -0.4 is 16.0 Å². The average Bonchev–Trinajstić information content (AvgIpc) is 3.29. The van der Waals surface area contributed by atoms with Crippen molar-refractivity contribution in [2.45, 2.75) is 38.2 Å². The van der Waals surface area contributed by atoms with Crippen LogP contribution in [0.4, 0.5) is 18.9 Å². The number of amides is 1. The van der Waals surface area contributed by atoms with E-state index in [2.05, 4.69) is 20.9 Å².